The molecule has 0 atom stereocenters. The number of rotatable bonds is 5. The van der Waals surface area contributed by atoms with E-state index < -0.39 is 15.8 Å². The first-order valence-corrected chi connectivity index (χ1v) is 8.05. The molecule has 2 aromatic carbocycles. The lowest BCUT2D eigenvalue weighted by molar-refractivity contribution is -0.385. The molecule has 9 heteroatoms. The normalized spacial score (nSPS) is 15.0. The second-order valence-corrected chi connectivity index (χ2v) is 5.79. The summed E-state index contributed by atoms with van der Waals surface area (Å²) in [6, 6.07) is 10.5. The fourth-order valence-electron chi connectivity index (χ4n) is 2.58. The molecule has 0 aromatic heterocycles. The molecule has 140 valence electrons. The van der Waals surface area contributed by atoms with Gasteiger partial charge in [0.2, 0.25) is 5.90 Å². The number of ether oxygens (including phenoxy) is 1. The van der Waals surface area contributed by atoms with Crippen LogP contribution in [0, 0.1) is 27.2 Å². The van der Waals surface area contributed by atoms with Gasteiger partial charge in [-0.2, -0.15) is 0 Å². The third kappa shape index (κ3) is 3.83. The maximum Gasteiger partial charge on any atom is 0.363 e. The Morgan fingerprint density at radius 2 is 1.75 bits per heavy atom. The van der Waals surface area contributed by atoms with E-state index in [-0.39, 0.29) is 23.0 Å². The zero-order valence-corrected chi connectivity index (χ0v) is 14.6. The molecule has 28 heavy (non-hydrogen) atoms. The lowest BCUT2D eigenvalue weighted by Crippen LogP contribution is -2.06. The number of aryl methyl sites for hydroxylation is 1. The van der Waals surface area contributed by atoms with E-state index in [1.54, 1.807) is 25.1 Å². The van der Waals surface area contributed by atoms with E-state index in [4.69, 9.17) is 4.74 Å². The third-order valence-corrected chi connectivity index (χ3v) is 3.92. The van der Waals surface area contributed by atoms with Crippen LogP contribution in [-0.2, 0) is 9.53 Å². The zero-order chi connectivity index (χ0) is 20.3. The van der Waals surface area contributed by atoms with Crippen molar-refractivity contribution in [2.45, 2.75) is 6.92 Å². The Hall–Kier alpha value is -4.14. The summed E-state index contributed by atoms with van der Waals surface area (Å²) in [7, 11) is 0. The minimum atomic E-state index is -0.682. The third-order valence-electron chi connectivity index (χ3n) is 3.92. The van der Waals surface area contributed by atoms with Gasteiger partial charge in [0.05, 0.1) is 15.4 Å². The van der Waals surface area contributed by atoms with Gasteiger partial charge < -0.3 is 4.74 Å². The first kappa shape index (κ1) is 18.6. The highest BCUT2D eigenvalue weighted by Gasteiger charge is 2.24. The summed E-state index contributed by atoms with van der Waals surface area (Å²) in [5.74, 6) is -0.647. The van der Waals surface area contributed by atoms with Gasteiger partial charge in [0, 0.05) is 23.3 Å². The number of hydrogen-bond donors (Lipinski definition) is 0. The van der Waals surface area contributed by atoms with Gasteiger partial charge in [0.25, 0.3) is 11.4 Å². The number of allylic oxidation sites excluding steroid dienone is 2. The molecular formula is C19H13N3O6. The van der Waals surface area contributed by atoms with Gasteiger partial charge >= 0.3 is 5.97 Å². The van der Waals surface area contributed by atoms with E-state index in [0.29, 0.717) is 16.7 Å². The number of esters is 1. The van der Waals surface area contributed by atoms with Crippen LogP contribution in [0.1, 0.15) is 16.7 Å². The molecule has 3 rings (SSSR count). The molecule has 0 saturated heterocycles. The molecule has 0 spiro atoms. The van der Waals surface area contributed by atoms with Gasteiger partial charge in [-0.25, -0.2) is 9.79 Å². The molecule has 0 fully saturated rings. The van der Waals surface area contributed by atoms with Crippen LogP contribution < -0.4 is 0 Å². The number of nitrogens with zero attached hydrogens (tertiary/aromatic N) is 3. The molecule has 0 unspecified atom stereocenters. The summed E-state index contributed by atoms with van der Waals surface area (Å²) in [5.41, 5.74) is 1.14. The molecular weight excluding hydrogens is 366 g/mol. The molecule has 0 saturated carbocycles. The number of carbonyl (C=O) groups is 1. The second kappa shape index (κ2) is 7.62. The topological polar surface area (TPSA) is 125 Å². The molecule has 0 amide bonds. The number of hydrogen-bond acceptors (Lipinski definition) is 7. The Morgan fingerprint density at radius 1 is 1.04 bits per heavy atom. The van der Waals surface area contributed by atoms with Gasteiger partial charge in [-0.3, -0.25) is 20.2 Å². The first-order chi connectivity index (χ1) is 13.4. The lowest BCUT2D eigenvalue weighted by Gasteiger charge is -2.01. The van der Waals surface area contributed by atoms with Crippen LogP contribution >= 0.6 is 0 Å². The predicted molar refractivity (Wildman–Crippen MR) is 101 cm³/mol. The molecule has 2 aromatic rings. The number of para-hydroxylation sites is 1. The SMILES string of the molecule is Cc1cc(C2=N/C(=C\C=C\c3ccccc3[N+](=O)[O-])C(=O)O2)ccc1[N+](=O)[O-]. The summed E-state index contributed by atoms with van der Waals surface area (Å²) >= 11 is 0. The van der Waals surface area contributed by atoms with Crippen LogP contribution in [0.2, 0.25) is 0 Å². The first-order valence-electron chi connectivity index (χ1n) is 8.05. The zero-order valence-electron chi connectivity index (χ0n) is 14.6. The molecule has 1 heterocycles. The molecule has 0 aliphatic carbocycles. The van der Waals surface area contributed by atoms with Crippen molar-refractivity contribution in [1.82, 2.24) is 0 Å². The summed E-state index contributed by atoms with van der Waals surface area (Å²) in [4.78, 5) is 37.0. The standard InChI is InChI=1S/C19H13N3O6/c1-12-11-14(9-10-16(12)21(24)25)18-20-15(19(23)28-18)7-4-6-13-5-2-3-8-17(13)22(26)27/h2-11H,1H3/b6-4+,15-7-. The van der Waals surface area contributed by atoms with Crippen LogP contribution in [0.3, 0.4) is 0 Å². The number of carbonyl (C=O) groups excluding carboxylic acids is 1. The number of benzene rings is 2. The number of cyclic esters (lactones) is 1. The van der Waals surface area contributed by atoms with E-state index in [2.05, 4.69) is 4.99 Å². The average Bonchev–Trinajstić information content (AvgIpc) is 3.02. The van der Waals surface area contributed by atoms with Crippen LogP contribution in [0.15, 0.2) is 65.3 Å². The molecule has 0 radical (unpaired) electrons. The minimum absolute atomic E-state index is 0.0147. The molecule has 1 aliphatic rings. The predicted octanol–water partition coefficient (Wildman–Crippen LogP) is 3.71. The summed E-state index contributed by atoms with van der Waals surface area (Å²) in [6.45, 7) is 1.57. The highest BCUT2D eigenvalue weighted by Crippen LogP contribution is 2.23. The van der Waals surface area contributed by atoms with Gasteiger partial charge in [0.1, 0.15) is 0 Å². The maximum absolute atomic E-state index is 12.0. The largest absolute Gasteiger partial charge is 0.402 e. The molecule has 9 nitrogen and oxygen atoms in total. The van der Waals surface area contributed by atoms with Crippen molar-refractivity contribution in [1.29, 1.82) is 0 Å². The summed E-state index contributed by atoms with van der Waals surface area (Å²) in [6.07, 6.45) is 4.33. The highest BCUT2D eigenvalue weighted by atomic mass is 16.6. The number of nitro benzene ring substituents is 2. The lowest BCUT2D eigenvalue weighted by atomic mass is 10.1. The number of nitro groups is 2. The average molecular weight is 379 g/mol. The van der Waals surface area contributed by atoms with Crippen molar-refractivity contribution >= 4 is 29.3 Å². The van der Waals surface area contributed by atoms with Crippen LogP contribution in [0.25, 0.3) is 6.08 Å². The quantitative estimate of drug-likeness (QED) is 0.337. The van der Waals surface area contributed by atoms with E-state index in [0.717, 1.165) is 0 Å². The van der Waals surface area contributed by atoms with Gasteiger partial charge in [-0.05, 0) is 37.3 Å². The summed E-state index contributed by atoms with van der Waals surface area (Å²) in [5, 5.41) is 21.9. The Morgan fingerprint density at radius 3 is 2.43 bits per heavy atom. The Labute approximate surface area is 158 Å². The fraction of sp³-hybridized carbons (Fsp3) is 0.0526. The molecule has 0 N–H and O–H groups in total. The van der Waals surface area contributed by atoms with Gasteiger partial charge in [0.15, 0.2) is 5.70 Å². The van der Waals surface area contributed by atoms with Crippen molar-refractivity contribution < 1.29 is 19.4 Å². The van der Waals surface area contributed by atoms with Crippen molar-refractivity contribution in [3.63, 3.8) is 0 Å². The smallest absolute Gasteiger partial charge is 0.363 e. The van der Waals surface area contributed by atoms with E-state index in [9.17, 15) is 25.0 Å². The van der Waals surface area contributed by atoms with Crippen molar-refractivity contribution in [2.75, 3.05) is 0 Å². The van der Waals surface area contributed by atoms with Gasteiger partial charge in [-0.15, -0.1) is 0 Å². The monoisotopic (exact) mass is 379 g/mol. The van der Waals surface area contributed by atoms with Gasteiger partial charge in [-0.1, -0.05) is 18.2 Å². The van der Waals surface area contributed by atoms with Crippen LogP contribution in [0.5, 0.6) is 0 Å². The fourth-order valence-corrected chi connectivity index (χ4v) is 2.58. The van der Waals surface area contributed by atoms with Crippen molar-refractivity contribution in [3.8, 4) is 0 Å². The van der Waals surface area contributed by atoms with E-state index in [1.807, 2.05) is 0 Å². The molecule has 1 aliphatic heterocycles. The minimum Gasteiger partial charge on any atom is -0.402 e. The van der Waals surface area contributed by atoms with Crippen LogP contribution in [0.4, 0.5) is 11.4 Å². The summed E-state index contributed by atoms with van der Waals surface area (Å²) < 4.78 is 5.11. The maximum atomic E-state index is 12.0. The number of aliphatic imine (C=N–C) groups is 1. The Balaban J connectivity index is 1.85. The van der Waals surface area contributed by atoms with Crippen molar-refractivity contribution in [2.24, 2.45) is 4.99 Å². The van der Waals surface area contributed by atoms with E-state index >= 15 is 0 Å². The second-order valence-electron chi connectivity index (χ2n) is 5.79. The van der Waals surface area contributed by atoms with Crippen molar-refractivity contribution in [3.05, 3.63) is 97.2 Å². The highest BCUT2D eigenvalue weighted by molar-refractivity contribution is 6.11. The Kier molecular flexibility index (Phi) is 5.07. The van der Waals surface area contributed by atoms with E-state index in [1.165, 1.54) is 42.5 Å². The van der Waals surface area contributed by atoms with Crippen LogP contribution in [-0.4, -0.2) is 21.7 Å². The molecule has 0 bridgehead atoms. The Bertz CT molecular complexity index is 1080.